The Balaban J connectivity index is 1.54. The molecular formula is C28H33BN2O3. The van der Waals surface area contributed by atoms with Crippen LogP contribution in [0, 0.1) is 0 Å². The maximum atomic E-state index is 11.5. The first-order valence-electron chi connectivity index (χ1n) is 11.8. The second-order valence-electron chi connectivity index (χ2n) is 10.8. The highest BCUT2D eigenvalue weighted by Gasteiger charge is 2.37. The number of aromatic nitrogens is 2. The van der Waals surface area contributed by atoms with Gasteiger partial charge in [0, 0.05) is 19.4 Å². The summed E-state index contributed by atoms with van der Waals surface area (Å²) in [6, 6.07) is 12.0. The Morgan fingerprint density at radius 3 is 2.29 bits per heavy atom. The fraction of sp³-hybridized carbons (Fsp3) is 0.429. The van der Waals surface area contributed by atoms with E-state index in [0.717, 1.165) is 41.0 Å². The lowest BCUT2D eigenvalue weighted by Crippen LogP contribution is -2.35. The minimum atomic E-state index is -0.859. The highest BCUT2D eigenvalue weighted by Crippen LogP contribution is 2.45. The van der Waals surface area contributed by atoms with Crippen molar-refractivity contribution in [3.8, 4) is 5.75 Å². The number of imidazole rings is 1. The monoisotopic (exact) mass is 456 g/mol. The van der Waals surface area contributed by atoms with Crippen LogP contribution in [-0.4, -0.2) is 28.5 Å². The first-order valence-corrected chi connectivity index (χ1v) is 11.8. The summed E-state index contributed by atoms with van der Waals surface area (Å²) in [4.78, 5) is 15.8. The van der Waals surface area contributed by atoms with Gasteiger partial charge in [-0.25, -0.2) is 4.98 Å². The van der Waals surface area contributed by atoms with Crippen LogP contribution in [0.15, 0.2) is 48.8 Å². The van der Waals surface area contributed by atoms with Crippen molar-refractivity contribution in [3.63, 3.8) is 0 Å². The van der Waals surface area contributed by atoms with Gasteiger partial charge >= 0.3 is 5.97 Å². The van der Waals surface area contributed by atoms with E-state index < -0.39 is 5.97 Å². The van der Waals surface area contributed by atoms with E-state index in [1.54, 1.807) is 6.20 Å². The molecule has 2 radical (unpaired) electrons. The maximum Gasteiger partial charge on any atom is 0.304 e. The molecule has 176 valence electrons. The van der Waals surface area contributed by atoms with Gasteiger partial charge in [-0.2, -0.15) is 0 Å². The molecular weight excluding hydrogens is 423 g/mol. The van der Waals surface area contributed by atoms with Gasteiger partial charge < -0.3 is 14.4 Å². The Hall–Kier alpha value is -3.02. The number of rotatable bonds is 7. The van der Waals surface area contributed by atoms with Crippen LogP contribution in [-0.2, 0) is 29.3 Å². The summed E-state index contributed by atoms with van der Waals surface area (Å²) in [7, 11) is 8.33. The van der Waals surface area contributed by atoms with Crippen LogP contribution in [0.2, 0.25) is 0 Å². The third-order valence-electron chi connectivity index (χ3n) is 7.34. The van der Waals surface area contributed by atoms with Crippen LogP contribution in [0.3, 0.4) is 0 Å². The number of benzene rings is 2. The van der Waals surface area contributed by atoms with E-state index in [9.17, 15) is 9.90 Å². The molecule has 0 bridgehead atoms. The van der Waals surface area contributed by atoms with Crippen molar-refractivity contribution < 1.29 is 14.6 Å². The largest absolute Gasteiger partial charge is 0.489 e. The van der Waals surface area contributed by atoms with Crippen molar-refractivity contribution >= 4 is 19.3 Å². The fourth-order valence-electron chi connectivity index (χ4n) is 5.00. The quantitative estimate of drug-likeness (QED) is 0.522. The molecule has 5 nitrogen and oxygen atoms in total. The van der Waals surface area contributed by atoms with Gasteiger partial charge in [-0.05, 0) is 58.1 Å². The molecule has 1 N–H and O–H groups in total. The number of carbonyl (C=O) groups is 1. The van der Waals surface area contributed by atoms with Gasteiger partial charge in [0.15, 0.2) is 0 Å². The molecule has 6 heteroatoms. The summed E-state index contributed by atoms with van der Waals surface area (Å²) >= 11 is 0. The minimum absolute atomic E-state index is 0.0250. The lowest BCUT2D eigenvalue weighted by molar-refractivity contribution is -0.137. The topological polar surface area (TPSA) is 64.3 Å². The van der Waals surface area contributed by atoms with E-state index in [1.165, 1.54) is 11.1 Å². The van der Waals surface area contributed by atoms with Crippen molar-refractivity contribution in [3.05, 3.63) is 76.9 Å². The summed E-state index contributed by atoms with van der Waals surface area (Å²) in [5.41, 5.74) is 5.57. The number of fused-ring (bicyclic) bond motifs is 1. The molecule has 0 saturated carbocycles. The highest BCUT2D eigenvalue weighted by molar-refractivity contribution is 6.33. The zero-order valence-corrected chi connectivity index (χ0v) is 20.8. The molecule has 0 fully saturated rings. The van der Waals surface area contributed by atoms with Gasteiger partial charge in [0.25, 0.3) is 0 Å². The average molecular weight is 456 g/mol. The standard InChI is InChI=1S/C28H33BN2O3/c1-27(2)10-11-28(3,4)23-16-24(29)19(14-22(23)27)17-34-20-8-6-18(7-9-20)21(15-25(32)33)26-30-12-13-31(26)5/h6-9,12-14,16,21H,10-11,15,17H2,1-5H3,(H,32,33)/t21-/m0/s1. The van der Waals surface area contributed by atoms with Crippen LogP contribution >= 0.6 is 0 Å². The van der Waals surface area contributed by atoms with Gasteiger partial charge in [-0.15, -0.1) is 0 Å². The number of hydrogen-bond donors (Lipinski definition) is 1. The zero-order chi connectivity index (χ0) is 24.7. The third-order valence-corrected chi connectivity index (χ3v) is 7.34. The second kappa shape index (κ2) is 8.97. The van der Waals surface area contributed by atoms with E-state index in [1.807, 2.05) is 42.1 Å². The van der Waals surface area contributed by atoms with E-state index >= 15 is 0 Å². The summed E-state index contributed by atoms with van der Waals surface area (Å²) < 4.78 is 7.96. The van der Waals surface area contributed by atoms with E-state index in [4.69, 9.17) is 12.6 Å². The van der Waals surface area contributed by atoms with Crippen LogP contribution in [0.4, 0.5) is 0 Å². The maximum absolute atomic E-state index is 11.5. The predicted octanol–water partition coefficient (Wildman–Crippen LogP) is 4.75. The molecule has 4 rings (SSSR count). The highest BCUT2D eigenvalue weighted by atomic mass is 16.5. The number of ether oxygens (including phenoxy) is 1. The molecule has 2 aromatic carbocycles. The molecule has 0 unspecified atom stereocenters. The number of carboxylic acids is 1. The van der Waals surface area contributed by atoms with Crippen molar-refractivity contribution in [1.29, 1.82) is 0 Å². The number of hydrogen-bond acceptors (Lipinski definition) is 3. The Morgan fingerprint density at radius 2 is 1.74 bits per heavy atom. The number of carboxylic acid groups (broad SMARTS) is 1. The molecule has 0 saturated heterocycles. The normalized spacial score (nSPS) is 17.1. The molecule has 1 aliphatic rings. The fourth-order valence-corrected chi connectivity index (χ4v) is 5.00. The van der Waals surface area contributed by atoms with Crippen molar-refractivity contribution in [1.82, 2.24) is 9.55 Å². The molecule has 0 aliphatic heterocycles. The Bertz CT molecular complexity index is 1190. The predicted molar refractivity (Wildman–Crippen MR) is 135 cm³/mol. The summed E-state index contributed by atoms with van der Waals surface area (Å²) in [6.45, 7) is 9.57. The first kappa shape index (κ1) is 24.1. The smallest absolute Gasteiger partial charge is 0.304 e. The molecule has 1 heterocycles. The van der Waals surface area contributed by atoms with Gasteiger partial charge in [0.1, 0.15) is 26.0 Å². The zero-order valence-electron chi connectivity index (χ0n) is 20.8. The van der Waals surface area contributed by atoms with Crippen molar-refractivity contribution in [2.24, 2.45) is 7.05 Å². The Morgan fingerprint density at radius 1 is 1.12 bits per heavy atom. The van der Waals surface area contributed by atoms with Crippen LogP contribution in [0.25, 0.3) is 0 Å². The summed E-state index contributed by atoms with van der Waals surface area (Å²) in [5.74, 6) is 0.258. The molecule has 3 aromatic rings. The van der Waals surface area contributed by atoms with Gasteiger partial charge in [-0.3, -0.25) is 4.79 Å². The minimum Gasteiger partial charge on any atom is -0.489 e. The lowest BCUT2D eigenvalue weighted by Gasteiger charge is -2.42. The number of nitrogens with zero attached hydrogens (tertiary/aromatic N) is 2. The van der Waals surface area contributed by atoms with Crippen molar-refractivity contribution in [2.75, 3.05) is 0 Å². The van der Waals surface area contributed by atoms with E-state index in [2.05, 4.69) is 44.8 Å². The third kappa shape index (κ3) is 4.77. The summed E-state index contributed by atoms with van der Waals surface area (Å²) in [6.07, 6.45) is 5.78. The SMILES string of the molecule is [B]c1cc2c(cc1COc1ccc([C@H](CC(=O)O)c3nccn3C)cc1)C(C)(C)CCC2(C)C. The number of aryl methyl sites for hydroxylation is 1. The van der Waals surface area contributed by atoms with Gasteiger partial charge in [0.2, 0.25) is 0 Å². The molecule has 34 heavy (non-hydrogen) atoms. The molecule has 1 aromatic heterocycles. The second-order valence-corrected chi connectivity index (χ2v) is 10.8. The van der Waals surface area contributed by atoms with Gasteiger partial charge in [0.05, 0.1) is 12.3 Å². The average Bonchev–Trinajstić information content (AvgIpc) is 3.20. The van der Waals surface area contributed by atoms with E-state index in [0.29, 0.717) is 6.61 Å². The Labute approximate surface area is 203 Å². The van der Waals surface area contributed by atoms with Crippen LogP contribution in [0.5, 0.6) is 5.75 Å². The Kier molecular flexibility index (Phi) is 6.37. The van der Waals surface area contributed by atoms with Crippen molar-refractivity contribution in [2.45, 2.75) is 70.3 Å². The summed E-state index contributed by atoms with van der Waals surface area (Å²) in [5, 5.41) is 9.41. The molecule has 0 amide bonds. The molecule has 1 aliphatic carbocycles. The molecule has 1 atom stereocenters. The molecule has 0 spiro atoms. The van der Waals surface area contributed by atoms with E-state index in [-0.39, 0.29) is 23.2 Å². The van der Waals surface area contributed by atoms with Crippen LogP contribution in [0.1, 0.15) is 81.0 Å². The van der Waals surface area contributed by atoms with Gasteiger partial charge in [-0.1, -0.05) is 57.4 Å². The van der Waals surface area contributed by atoms with Crippen LogP contribution < -0.4 is 10.2 Å². The lowest BCUT2D eigenvalue weighted by atomic mass is 9.62. The number of aliphatic carboxylic acids is 1. The first-order chi connectivity index (χ1) is 16.0.